The van der Waals surface area contributed by atoms with Crippen LogP contribution in [0.2, 0.25) is 0 Å². The van der Waals surface area contributed by atoms with Crippen LogP contribution in [0.3, 0.4) is 0 Å². The first-order chi connectivity index (χ1) is 8.90. The lowest BCUT2D eigenvalue weighted by atomic mass is 10.1. The van der Waals surface area contributed by atoms with Crippen molar-refractivity contribution in [3.8, 4) is 0 Å². The van der Waals surface area contributed by atoms with E-state index in [-0.39, 0.29) is 0 Å². The third kappa shape index (κ3) is 3.56. The Kier molecular flexibility index (Phi) is 3.96. The predicted octanol–water partition coefficient (Wildman–Crippen LogP) is 2.26. The molecule has 1 heterocycles. The molecule has 0 spiro atoms. The van der Waals surface area contributed by atoms with Crippen molar-refractivity contribution in [3.63, 3.8) is 0 Å². The molecule has 0 radical (unpaired) electrons. The van der Waals surface area contributed by atoms with E-state index in [1.807, 2.05) is 0 Å². The van der Waals surface area contributed by atoms with Crippen LogP contribution in [0.4, 0.5) is 0 Å². The van der Waals surface area contributed by atoms with Gasteiger partial charge in [-0.15, -0.1) is 0 Å². The van der Waals surface area contributed by atoms with Gasteiger partial charge in [-0.05, 0) is 30.7 Å². The van der Waals surface area contributed by atoms with Crippen molar-refractivity contribution < 1.29 is 0 Å². The molecule has 2 nitrogen and oxygen atoms in total. The molecule has 0 unspecified atom stereocenters. The lowest BCUT2D eigenvalue weighted by Gasteiger charge is -2.34. The first-order valence-corrected chi connectivity index (χ1v) is 7.39. The number of hydrogen-bond acceptors (Lipinski definition) is 2. The molecule has 1 aromatic carbocycles. The summed E-state index contributed by atoms with van der Waals surface area (Å²) in [5, 5.41) is 0. The zero-order chi connectivity index (χ0) is 12.2. The Morgan fingerprint density at radius 3 is 2.22 bits per heavy atom. The molecular weight excluding hydrogens is 220 g/mol. The Morgan fingerprint density at radius 2 is 1.56 bits per heavy atom. The van der Waals surface area contributed by atoms with E-state index < -0.39 is 0 Å². The third-order valence-corrected chi connectivity index (χ3v) is 4.24. The Morgan fingerprint density at radius 1 is 0.889 bits per heavy atom. The monoisotopic (exact) mass is 244 g/mol. The van der Waals surface area contributed by atoms with Gasteiger partial charge >= 0.3 is 0 Å². The standard InChI is InChI=1S/C16H24N2/c1-2-4-15(5-3-1)8-9-17-10-12-18(13-11-17)14-16-6-7-16/h1-5,16H,6-14H2. The highest BCUT2D eigenvalue weighted by atomic mass is 15.3. The Labute approximate surface area is 111 Å². The van der Waals surface area contributed by atoms with Crippen LogP contribution in [-0.4, -0.2) is 49.1 Å². The van der Waals surface area contributed by atoms with E-state index in [1.54, 1.807) is 0 Å². The zero-order valence-electron chi connectivity index (χ0n) is 11.2. The molecule has 1 saturated heterocycles. The molecule has 98 valence electrons. The Balaban J connectivity index is 1.37. The van der Waals surface area contributed by atoms with E-state index in [0.29, 0.717) is 0 Å². The van der Waals surface area contributed by atoms with Crippen LogP contribution < -0.4 is 0 Å². The molecule has 0 atom stereocenters. The van der Waals surface area contributed by atoms with Gasteiger partial charge in [-0.1, -0.05) is 30.3 Å². The molecule has 1 saturated carbocycles. The zero-order valence-corrected chi connectivity index (χ0v) is 11.2. The number of rotatable bonds is 5. The second-order valence-corrected chi connectivity index (χ2v) is 5.82. The fraction of sp³-hybridized carbons (Fsp3) is 0.625. The molecule has 0 bridgehead atoms. The first kappa shape index (κ1) is 12.2. The van der Waals surface area contributed by atoms with E-state index in [1.165, 1.54) is 64.1 Å². The molecule has 3 rings (SSSR count). The van der Waals surface area contributed by atoms with Crippen molar-refractivity contribution in [2.24, 2.45) is 5.92 Å². The largest absolute Gasteiger partial charge is 0.301 e. The van der Waals surface area contributed by atoms with Gasteiger partial charge in [0.2, 0.25) is 0 Å². The molecule has 1 aliphatic carbocycles. The topological polar surface area (TPSA) is 6.48 Å². The summed E-state index contributed by atoms with van der Waals surface area (Å²) in [5.74, 6) is 1.04. The molecule has 1 aliphatic heterocycles. The van der Waals surface area contributed by atoms with Gasteiger partial charge in [-0.25, -0.2) is 0 Å². The van der Waals surface area contributed by atoms with E-state index >= 15 is 0 Å². The van der Waals surface area contributed by atoms with Crippen molar-refractivity contribution in [2.75, 3.05) is 39.3 Å². The minimum Gasteiger partial charge on any atom is -0.301 e. The van der Waals surface area contributed by atoms with Crippen molar-refractivity contribution in [1.29, 1.82) is 0 Å². The van der Waals surface area contributed by atoms with E-state index in [2.05, 4.69) is 40.1 Å². The fourth-order valence-corrected chi connectivity index (χ4v) is 2.79. The summed E-state index contributed by atoms with van der Waals surface area (Å²) in [6.07, 6.45) is 4.16. The van der Waals surface area contributed by atoms with Crippen LogP contribution in [0.5, 0.6) is 0 Å². The maximum atomic E-state index is 2.66. The Hall–Kier alpha value is -0.860. The third-order valence-electron chi connectivity index (χ3n) is 4.24. The minimum absolute atomic E-state index is 1.04. The van der Waals surface area contributed by atoms with Crippen LogP contribution in [0.1, 0.15) is 18.4 Å². The molecule has 2 heteroatoms. The van der Waals surface area contributed by atoms with Gasteiger partial charge in [-0.2, -0.15) is 0 Å². The molecule has 0 aromatic heterocycles. The highest BCUT2D eigenvalue weighted by Gasteiger charge is 2.26. The van der Waals surface area contributed by atoms with Gasteiger partial charge in [-0.3, -0.25) is 0 Å². The minimum atomic E-state index is 1.04. The summed E-state index contributed by atoms with van der Waals surface area (Å²) in [7, 11) is 0. The summed E-state index contributed by atoms with van der Waals surface area (Å²) >= 11 is 0. The first-order valence-electron chi connectivity index (χ1n) is 7.39. The summed E-state index contributed by atoms with van der Waals surface area (Å²) in [5.41, 5.74) is 1.47. The molecular formula is C16H24N2. The lowest BCUT2D eigenvalue weighted by Crippen LogP contribution is -2.47. The number of nitrogens with zero attached hydrogens (tertiary/aromatic N) is 2. The molecule has 2 aliphatic rings. The molecule has 0 N–H and O–H groups in total. The van der Waals surface area contributed by atoms with Crippen LogP contribution in [0, 0.1) is 5.92 Å². The van der Waals surface area contributed by atoms with Crippen molar-refractivity contribution in [3.05, 3.63) is 35.9 Å². The van der Waals surface area contributed by atoms with Crippen LogP contribution in [0.15, 0.2) is 30.3 Å². The van der Waals surface area contributed by atoms with Crippen molar-refractivity contribution in [1.82, 2.24) is 9.80 Å². The molecule has 18 heavy (non-hydrogen) atoms. The average molecular weight is 244 g/mol. The summed E-state index contributed by atoms with van der Waals surface area (Å²) < 4.78 is 0. The lowest BCUT2D eigenvalue weighted by molar-refractivity contribution is 0.129. The van der Waals surface area contributed by atoms with Gasteiger partial charge in [0.1, 0.15) is 0 Å². The normalized spacial score (nSPS) is 22.2. The summed E-state index contributed by atoms with van der Waals surface area (Å²) in [4.78, 5) is 5.28. The van der Waals surface area contributed by atoms with Gasteiger partial charge in [0.25, 0.3) is 0 Å². The molecule has 0 amide bonds. The quantitative estimate of drug-likeness (QED) is 0.784. The highest BCUT2D eigenvalue weighted by molar-refractivity contribution is 5.14. The van der Waals surface area contributed by atoms with Gasteiger partial charge in [0.05, 0.1) is 0 Å². The van der Waals surface area contributed by atoms with Gasteiger partial charge in [0.15, 0.2) is 0 Å². The van der Waals surface area contributed by atoms with Gasteiger partial charge in [0, 0.05) is 39.3 Å². The number of piperazine rings is 1. The van der Waals surface area contributed by atoms with Crippen LogP contribution in [-0.2, 0) is 6.42 Å². The maximum Gasteiger partial charge on any atom is 0.0110 e. The number of hydrogen-bond donors (Lipinski definition) is 0. The van der Waals surface area contributed by atoms with Crippen molar-refractivity contribution >= 4 is 0 Å². The second-order valence-electron chi connectivity index (χ2n) is 5.82. The second kappa shape index (κ2) is 5.85. The fourth-order valence-electron chi connectivity index (χ4n) is 2.79. The SMILES string of the molecule is c1ccc(CCN2CCN(CC3CC3)CC2)cc1. The van der Waals surface area contributed by atoms with E-state index in [0.717, 1.165) is 5.92 Å². The maximum absolute atomic E-state index is 2.66. The average Bonchev–Trinajstić information content (AvgIpc) is 3.23. The molecule has 1 aromatic rings. The predicted molar refractivity (Wildman–Crippen MR) is 75.8 cm³/mol. The molecule has 2 fully saturated rings. The van der Waals surface area contributed by atoms with Crippen LogP contribution >= 0.6 is 0 Å². The van der Waals surface area contributed by atoms with E-state index in [9.17, 15) is 0 Å². The number of benzene rings is 1. The highest BCUT2D eigenvalue weighted by Crippen LogP contribution is 2.29. The van der Waals surface area contributed by atoms with E-state index in [4.69, 9.17) is 0 Å². The van der Waals surface area contributed by atoms with Gasteiger partial charge < -0.3 is 9.80 Å². The summed E-state index contributed by atoms with van der Waals surface area (Å²) in [6, 6.07) is 10.9. The summed E-state index contributed by atoms with van der Waals surface area (Å²) in [6.45, 7) is 7.68. The smallest absolute Gasteiger partial charge is 0.0110 e. The van der Waals surface area contributed by atoms with Crippen LogP contribution in [0.25, 0.3) is 0 Å². The van der Waals surface area contributed by atoms with Crippen molar-refractivity contribution in [2.45, 2.75) is 19.3 Å². The Bertz CT molecular complexity index is 351.